The predicted octanol–water partition coefficient (Wildman–Crippen LogP) is 3.42. The van der Waals surface area contributed by atoms with Crippen molar-refractivity contribution in [2.75, 3.05) is 23.3 Å². The van der Waals surface area contributed by atoms with Crippen molar-refractivity contribution < 1.29 is 9.18 Å². The van der Waals surface area contributed by atoms with Crippen molar-refractivity contribution >= 4 is 34.0 Å². The van der Waals surface area contributed by atoms with Crippen LogP contribution in [0, 0.1) is 5.82 Å². The Labute approximate surface area is 190 Å². The number of pyridine rings is 1. The Balaban J connectivity index is 1.49. The van der Waals surface area contributed by atoms with Crippen LogP contribution in [0.25, 0.3) is 16.7 Å². The third-order valence-electron chi connectivity index (χ3n) is 5.92. The first-order valence-electron chi connectivity index (χ1n) is 11.2. The van der Waals surface area contributed by atoms with E-state index in [1.165, 1.54) is 6.07 Å². The topological polar surface area (TPSA) is 87.5 Å². The molecule has 8 nitrogen and oxygen atoms in total. The molecule has 5 rings (SSSR count). The van der Waals surface area contributed by atoms with E-state index in [4.69, 9.17) is 0 Å². The van der Waals surface area contributed by atoms with Crippen molar-refractivity contribution in [3.05, 3.63) is 60.1 Å². The number of hydrogen-bond acceptors (Lipinski definition) is 6. The highest BCUT2D eigenvalue weighted by molar-refractivity contribution is 6.13. The number of amides is 1. The molecule has 0 unspecified atom stereocenters. The van der Waals surface area contributed by atoms with Crippen LogP contribution in [0.15, 0.2) is 43.0 Å². The molecule has 2 N–H and O–H groups in total. The molecule has 33 heavy (non-hydrogen) atoms. The highest BCUT2D eigenvalue weighted by Crippen LogP contribution is 2.29. The molecule has 3 aromatic heterocycles. The highest BCUT2D eigenvalue weighted by Gasteiger charge is 2.24. The first kappa shape index (κ1) is 21.3. The van der Waals surface area contributed by atoms with E-state index in [2.05, 4.69) is 44.3 Å². The highest BCUT2D eigenvalue weighted by atomic mass is 19.1. The molecule has 1 aromatic carbocycles. The zero-order valence-electron chi connectivity index (χ0n) is 18.8. The van der Waals surface area contributed by atoms with Crippen LogP contribution in [0.2, 0.25) is 0 Å². The number of rotatable bonds is 4. The molecule has 4 heterocycles. The normalized spacial score (nSPS) is 18.7. The van der Waals surface area contributed by atoms with Crippen molar-refractivity contribution in [2.45, 2.75) is 39.3 Å². The summed E-state index contributed by atoms with van der Waals surface area (Å²) in [5.41, 5.74) is 3.90. The number of halogens is 1. The smallest absolute Gasteiger partial charge is 0.257 e. The molecule has 0 aliphatic carbocycles. The molecule has 1 saturated heterocycles. The second kappa shape index (κ2) is 8.40. The van der Waals surface area contributed by atoms with Gasteiger partial charge in [-0.25, -0.2) is 9.37 Å². The van der Waals surface area contributed by atoms with Crippen molar-refractivity contribution in [1.29, 1.82) is 0 Å². The molecule has 1 fully saturated rings. The van der Waals surface area contributed by atoms with Crippen molar-refractivity contribution in [2.24, 2.45) is 0 Å². The maximum atomic E-state index is 14.6. The Hall–Kier alpha value is -3.59. The van der Waals surface area contributed by atoms with Gasteiger partial charge in [0.05, 0.1) is 22.6 Å². The van der Waals surface area contributed by atoms with E-state index in [1.807, 2.05) is 13.0 Å². The summed E-state index contributed by atoms with van der Waals surface area (Å²) in [6.45, 7) is 7.94. The monoisotopic (exact) mass is 447 g/mol. The number of piperazine rings is 1. The fourth-order valence-electron chi connectivity index (χ4n) is 4.55. The number of imidazole rings is 1. The molecule has 0 saturated carbocycles. The van der Waals surface area contributed by atoms with Crippen LogP contribution in [0.4, 0.5) is 15.8 Å². The molecule has 1 aliphatic rings. The van der Waals surface area contributed by atoms with Gasteiger partial charge in [-0.15, -0.1) is 0 Å². The zero-order valence-corrected chi connectivity index (χ0v) is 18.8. The average Bonchev–Trinajstić information content (AvgIpc) is 3.21. The standard InChI is InChI=1S/C24H26FN7O/c1-4-16-12-32-13-17(9-19(25)23(32)29-16)30-24(33)18-5-6-20(22-21(18)26-7-8-27-22)31-10-14(2)28-15(3)11-31/h5-9,12-15,28H,4,10-11H2,1-3H3,(H,30,33)/t14-,15+. The van der Waals surface area contributed by atoms with Gasteiger partial charge < -0.3 is 19.9 Å². The number of nitrogens with zero attached hydrogens (tertiary/aromatic N) is 5. The number of carbonyl (C=O) groups excluding carboxylic acids is 1. The largest absolute Gasteiger partial charge is 0.367 e. The molecule has 170 valence electrons. The van der Waals surface area contributed by atoms with Gasteiger partial charge in [0.2, 0.25) is 0 Å². The van der Waals surface area contributed by atoms with Gasteiger partial charge in [-0.05, 0) is 32.4 Å². The van der Waals surface area contributed by atoms with Gasteiger partial charge in [-0.1, -0.05) is 6.92 Å². The maximum absolute atomic E-state index is 14.6. The van der Waals surface area contributed by atoms with Crippen LogP contribution < -0.4 is 15.5 Å². The lowest BCUT2D eigenvalue weighted by Gasteiger charge is -2.38. The van der Waals surface area contributed by atoms with Gasteiger partial charge in [0.25, 0.3) is 5.91 Å². The SMILES string of the molecule is CCc1cn2cc(NC(=O)c3ccc(N4C[C@@H](C)N[C@@H](C)C4)c4nccnc34)cc(F)c2n1. The summed E-state index contributed by atoms with van der Waals surface area (Å²) in [6, 6.07) is 5.64. The third-order valence-corrected chi connectivity index (χ3v) is 5.92. The van der Waals surface area contributed by atoms with Crippen molar-refractivity contribution in [3.8, 4) is 0 Å². The molecule has 0 radical (unpaired) electrons. The van der Waals surface area contributed by atoms with Gasteiger partial charge in [-0.3, -0.25) is 14.8 Å². The molecule has 4 aromatic rings. The molecule has 1 amide bonds. The zero-order chi connectivity index (χ0) is 23.1. The summed E-state index contributed by atoms with van der Waals surface area (Å²) in [5, 5.41) is 6.33. The number of aryl methyl sites for hydroxylation is 1. The van der Waals surface area contributed by atoms with Gasteiger partial charge in [-0.2, -0.15) is 0 Å². The summed E-state index contributed by atoms with van der Waals surface area (Å²) in [5.74, 6) is -0.863. The van der Waals surface area contributed by atoms with E-state index < -0.39 is 5.82 Å². The fraction of sp³-hybridized carbons (Fsp3) is 0.333. The average molecular weight is 448 g/mol. The number of hydrogen-bond donors (Lipinski definition) is 2. The molecular formula is C24H26FN7O. The molecule has 1 aliphatic heterocycles. The van der Waals surface area contributed by atoms with Crippen LogP contribution >= 0.6 is 0 Å². The van der Waals surface area contributed by atoms with Crippen LogP contribution in [-0.2, 0) is 6.42 Å². The molecule has 9 heteroatoms. The van der Waals surface area contributed by atoms with E-state index >= 15 is 0 Å². The van der Waals surface area contributed by atoms with Gasteiger partial charge in [0.1, 0.15) is 11.0 Å². The van der Waals surface area contributed by atoms with E-state index in [-0.39, 0.29) is 11.6 Å². The number of benzene rings is 1. The second-order valence-electron chi connectivity index (χ2n) is 8.61. The molecule has 0 bridgehead atoms. The number of fused-ring (bicyclic) bond motifs is 2. The van der Waals surface area contributed by atoms with Crippen LogP contribution in [-0.4, -0.2) is 50.4 Å². The van der Waals surface area contributed by atoms with Crippen molar-refractivity contribution in [3.63, 3.8) is 0 Å². The lowest BCUT2D eigenvalue weighted by molar-refractivity contribution is 0.102. The summed E-state index contributed by atoms with van der Waals surface area (Å²) in [6.07, 6.45) is 7.34. The summed E-state index contributed by atoms with van der Waals surface area (Å²) in [4.78, 5) is 28.7. The lowest BCUT2D eigenvalue weighted by atomic mass is 10.1. The van der Waals surface area contributed by atoms with Crippen LogP contribution in [0.3, 0.4) is 0 Å². The van der Waals surface area contributed by atoms with Crippen LogP contribution in [0.5, 0.6) is 0 Å². The van der Waals surface area contributed by atoms with Gasteiger partial charge in [0, 0.05) is 56.0 Å². The lowest BCUT2D eigenvalue weighted by Crippen LogP contribution is -2.54. The summed E-state index contributed by atoms with van der Waals surface area (Å²) < 4.78 is 16.2. The Bertz CT molecular complexity index is 1340. The van der Waals surface area contributed by atoms with E-state index in [0.29, 0.717) is 40.8 Å². The molecular weight excluding hydrogens is 421 g/mol. The van der Waals surface area contributed by atoms with Gasteiger partial charge in [0.15, 0.2) is 11.5 Å². The van der Waals surface area contributed by atoms with Gasteiger partial charge >= 0.3 is 0 Å². The van der Waals surface area contributed by atoms with Crippen molar-refractivity contribution in [1.82, 2.24) is 24.7 Å². The minimum atomic E-state index is -0.491. The van der Waals surface area contributed by atoms with E-state index in [9.17, 15) is 9.18 Å². The molecule has 2 atom stereocenters. The maximum Gasteiger partial charge on any atom is 0.257 e. The fourth-order valence-corrected chi connectivity index (χ4v) is 4.55. The number of aromatic nitrogens is 4. The molecule has 0 spiro atoms. The minimum Gasteiger partial charge on any atom is -0.367 e. The summed E-state index contributed by atoms with van der Waals surface area (Å²) in [7, 11) is 0. The Morgan fingerprint density at radius 3 is 2.61 bits per heavy atom. The summed E-state index contributed by atoms with van der Waals surface area (Å²) >= 11 is 0. The second-order valence-corrected chi connectivity index (χ2v) is 8.61. The van der Waals surface area contributed by atoms with E-state index in [0.717, 1.165) is 24.5 Å². The number of anilines is 2. The first-order chi connectivity index (χ1) is 15.9. The Morgan fingerprint density at radius 1 is 1.15 bits per heavy atom. The van der Waals surface area contributed by atoms with Crippen LogP contribution in [0.1, 0.15) is 36.8 Å². The Kier molecular flexibility index (Phi) is 5.41. The minimum absolute atomic E-state index is 0.241. The first-order valence-corrected chi connectivity index (χ1v) is 11.2. The number of nitrogens with one attached hydrogen (secondary N) is 2. The van der Waals surface area contributed by atoms with E-state index in [1.54, 1.807) is 35.3 Å². The quantitative estimate of drug-likeness (QED) is 0.499. The number of carbonyl (C=O) groups is 1. The Morgan fingerprint density at radius 2 is 1.88 bits per heavy atom. The third kappa shape index (κ3) is 4.00. The predicted molar refractivity (Wildman–Crippen MR) is 126 cm³/mol.